The molecular formula is C26H20F2N6O3S. The van der Waals surface area contributed by atoms with Crippen LogP contribution in [0.5, 0.6) is 11.5 Å². The van der Waals surface area contributed by atoms with Gasteiger partial charge in [-0.05, 0) is 50.2 Å². The number of fused-ring (bicyclic) bond motifs is 1. The Hall–Kier alpha value is -4.58. The third kappa shape index (κ3) is 5.25. The molecular weight excluding hydrogens is 514 g/mol. The van der Waals surface area contributed by atoms with E-state index in [2.05, 4.69) is 35.0 Å². The van der Waals surface area contributed by atoms with E-state index in [0.717, 1.165) is 28.3 Å². The van der Waals surface area contributed by atoms with E-state index >= 15 is 0 Å². The highest BCUT2D eigenvalue weighted by molar-refractivity contribution is 7.21. The maximum Gasteiger partial charge on any atom is 0.387 e. The van der Waals surface area contributed by atoms with Gasteiger partial charge in [0.2, 0.25) is 0 Å². The van der Waals surface area contributed by atoms with Crippen LogP contribution >= 0.6 is 11.3 Å². The van der Waals surface area contributed by atoms with E-state index in [1.165, 1.54) is 24.5 Å². The van der Waals surface area contributed by atoms with E-state index in [1.807, 2.05) is 26.0 Å². The van der Waals surface area contributed by atoms with Crippen molar-refractivity contribution in [1.29, 1.82) is 0 Å². The van der Waals surface area contributed by atoms with E-state index < -0.39 is 12.5 Å². The van der Waals surface area contributed by atoms with Gasteiger partial charge in [0, 0.05) is 34.3 Å². The Balaban J connectivity index is 1.43. The third-order valence-corrected chi connectivity index (χ3v) is 6.37. The van der Waals surface area contributed by atoms with Gasteiger partial charge in [0.05, 0.1) is 30.8 Å². The lowest BCUT2D eigenvalue weighted by Gasteiger charge is -2.13. The first-order valence-corrected chi connectivity index (χ1v) is 12.1. The lowest BCUT2D eigenvalue weighted by Crippen LogP contribution is -2.14. The number of hydrogen-bond acceptors (Lipinski definition) is 9. The molecule has 1 amide bonds. The van der Waals surface area contributed by atoms with Crippen molar-refractivity contribution < 1.29 is 23.0 Å². The highest BCUT2D eigenvalue weighted by atomic mass is 32.1. The quantitative estimate of drug-likeness (QED) is 0.283. The number of benzene rings is 1. The summed E-state index contributed by atoms with van der Waals surface area (Å²) in [6.07, 6.45) is 4.65. The number of halogens is 2. The van der Waals surface area contributed by atoms with Crippen molar-refractivity contribution in [1.82, 2.24) is 24.9 Å². The van der Waals surface area contributed by atoms with Gasteiger partial charge in [-0.25, -0.2) is 9.97 Å². The van der Waals surface area contributed by atoms with E-state index in [1.54, 1.807) is 25.4 Å². The number of alkyl halides is 2. The van der Waals surface area contributed by atoms with Crippen molar-refractivity contribution in [2.75, 3.05) is 12.4 Å². The van der Waals surface area contributed by atoms with Crippen molar-refractivity contribution in [2.24, 2.45) is 0 Å². The number of rotatable bonds is 7. The number of carbonyl (C=O) groups is 1. The van der Waals surface area contributed by atoms with Gasteiger partial charge in [-0.1, -0.05) is 11.3 Å². The molecule has 1 aromatic carbocycles. The Labute approximate surface area is 219 Å². The van der Waals surface area contributed by atoms with Crippen molar-refractivity contribution in [3.8, 4) is 33.9 Å². The highest BCUT2D eigenvalue weighted by Gasteiger charge is 2.19. The summed E-state index contributed by atoms with van der Waals surface area (Å²) in [6, 6.07) is 9.74. The van der Waals surface area contributed by atoms with Gasteiger partial charge in [-0.2, -0.15) is 13.8 Å². The number of carbonyl (C=O) groups excluding carboxylic acids is 1. The molecule has 0 fully saturated rings. The van der Waals surface area contributed by atoms with Crippen molar-refractivity contribution in [2.45, 2.75) is 20.5 Å². The predicted octanol–water partition coefficient (Wildman–Crippen LogP) is 5.69. The Morgan fingerprint density at radius 2 is 1.66 bits per heavy atom. The highest BCUT2D eigenvalue weighted by Crippen LogP contribution is 2.34. The molecule has 5 aromatic rings. The molecule has 0 aliphatic carbocycles. The summed E-state index contributed by atoms with van der Waals surface area (Å²) in [5.41, 5.74) is 4.77. The Morgan fingerprint density at radius 3 is 2.37 bits per heavy atom. The molecule has 0 saturated carbocycles. The number of thiazole rings is 1. The summed E-state index contributed by atoms with van der Waals surface area (Å²) in [5, 5.41) is 3.13. The molecule has 1 N–H and O–H groups in total. The minimum absolute atomic E-state index is 0.0464. The van der Waals surface area contributed by atoms with E-state index in [4.69, 9.17) is 4.74 Å². The number of nitrogens with zero attached hydrogens (tertiary/aromatic N) is 5. The molecule has 4 heterocycles. The monoisotopic (exact) mass is 534 g/mol. The lowest BCUT2D eigenvalue weighted by molar-refractivity contribution is -0.0498. The van der Waals surface area contributed by atoms with E-state index in [-0.39, 0.29) is 5.75 Å². The van der Waals surface area contributed by atoms with Gasteiger partial charge >= 0.3 is 6.61 Å². The van der Waals surface area contributed by atoms with Gasteiger partial charge in [0.15, 0.2) is 15.6 Å². The SMILES string of the molecule is COc1cnc(C)cc1-c1cc(C)ncc1C(=O)Nc1nc2ncc(-c3ccc(OC(F)F)cc3)nc2s1. The molecule has 0 unspecified atom stereocenters. The normalized spacial score (nSPS) is 11.1. The maximum absolute atomic E-state index is 13.3. The second-order valence-corrected chi connectivity index (χ2v) is 9.13. The van der Waals surface area contributed by atoms with E-state index in [0.29, 0.717) is 43.7 Å². The molecule has 38 heavy (non-hydrogen) atoms. The van der Waals surface area contributed by atoms with Crippen LogP contribution in [-0.4, -0.2) is 44.5 Å². The van der Waals surface area contributed by atoms with Crippen LogP contribution in [0.4, 0.5) is 13.9 Å². The fourth-order valence-electron chi connectivity index (χ4n) is 3.77. The number of anilines is 1. The molecule has 0 aliphatic heterocycles. The predicted molar refractivity (Wildman–Crippen MR) is 139 cm³/mol. The molecule has 4 aromatic heterocycles. The second-order valence-electron chi connectivity index (χ2n) is 8.16. The molecule has 0 bridgehead atoms. The number of methoxy groups -OCH3 is 1. The summed E-state index contributed by atoms with van der Waals surface area (Å²) >= 11 is 1.16. The minimum Gasteiger partial charge on any atom is -0.494 e. The molecule has 0 radical (unpaired) electrons. The average Bonchev–Trinajstić information content (AvgIpc) is 3.30. The van der Waals surface area contributed by atoms with Gasteiger partial charge in [-0.15, -0.1) is 0 Å². The molecule has 12 heteroatoms. The standard InChI is InChI=1S/C26H20F2N6O3S/c1-13-8-17(18-9-14(2)30-12-21(18)36-3)19(10-29-13)23(35)34-26-33-22-24(38-26)32-20(11-31-22)15-4-6-16(7-5-15)37-25(27)28/h4-12,25H,1-3H3,(H,31,33,34,35). The first-order valence-electron chi connectivity index (χ1n) is 11.3. The molecule has 0 atom stereocenters. The van der Waals surface area contributed by atoms with Crippen molar-refractivity contribution >= 4 is 32.9 Å². The van der Waals surface area contributed by atoms with Crippen LogP contribution in [0.3, 0.4) is 0 Å². The van der Waals surface area contributed by atoms with Crippen LogP contribution in [0.15, 0.2) is 55.0 Å². The molecule has 5 rings (SSSR count). The minimum atomic E-state index is -2.90. The zero-order valence-electron chi connectivity index (χ0n) is 20.4. The molecule has 0 aliphatic rings. The number of nitrogens with one attached hydrogen (secondary N) is 1. The Bertz CT molecular complexity index is 1640. The van der Waals surface area contributed by atoms with Crippen molar-refractivity contribution in [3.05, 3.63) is 71.9 Å². The summed E-state index contributed by atoms with van der Waals surface area (Å²) in [6.45, 7) is 0.802. The number of ether oxygens (including phenoxy) is 2. The molecule has 0 saturated heterocycles. The molecule has 0 spiro atoms. The topological polar surface area (TPSA) is 112 Å². The number of pyridine rings is 2. The van der Waals surface area contributed by atoms with Crippen LogP contribution in [0.25, 0.3) is 32.9 Å². The van der Waals surface area contributed by atoms with Crippen LogP contribution in [0.1, 0.15) is 21.7 Å². The average molecular weight is 535 g/mol. The fourth-order valence-corrected chi connectivity index (χ4v) is 4.56. The van der Waals surface area contributed by atoms with Crippen LogP contribution in [0, 0.1) is 13.8 Å². The molecule has 192 valence electrons. The second kappa shape index (κ2) is 10.4. The fraction of sp³-hybridized carbons (Fsp3) is 0.154. The van der Waals surface area contributed by atoms with Gasteiger partial charge < -0.3 is 9.47 Å². The number of amides is 1. The number of aryl methyl sites for hydroxylation is 2. The first kappa shape index (κ1) is 25.1. The Morgan fingerprint density at radius 1 is 0.947 bits per heavy atom. The van der Waals surface area contributed by atoms with Gasteiger partial charge in [-0.3, -0.25) is 20.1 Å². The zero-order chi connectivity index (χ0) is 26.8. The summed E-state index contributed by atoms with van der Waals surface area (Å²) < 4.78 is 34.7. The summed E-state index contributed by atoms with van der Waals surface area (Å²) in [5.74, 6) is 0.174. The summed E-state index contributed by atoms with van der Waals surface area (Å²) in [4.78, 5) is 35.7. The first-order chi connectivity index (χ1) is 18.3. The maximum atomic E-state index is 13.3. The number of aromatic nitrogens is 5. The summed E-state index contributed by atoms with van der Waals surface area (Å²) in [7, 11) is 1.55. The van der Waals surface area contributed by atoms with Crippen LogP contribution < -0.4 is 14.8 Å². The van der Waals surface area contributed by atoms with Crippen molar-refractivity contribution in [3.63, 3.8) is 0 Å². The smallest absolute Gasteiger partial charge is 0.387 e. The lowest BCUT2D eigenvalue weighted by atomic mass is 9.99. The van der Waals surface area contributed by atoms with Crippen LogP contribution in [-0.2, 0) is 0 Å². The molecule has 9 nitrogen and oxygen atoms in total. The third-order valence-electron chi connectivity index (χ3n) is 5.52. The van der Waals surface area contributed by atoms with Gasteiger partial charge in [0.25, 0.3) is 5.91 Å². The zero-order valence-corrected chi connectivity index (χ0v) is 21.2. The van der Waals surface area contributed by atoms with Crippen LogP contribution in [0.2, 0.25) is 0 Å². The number of hydrogen-bond donors (Lipinski definition) is 1. The van der Waals surface area contributed by atoms with Gasteiger partial charge in [0.1, 0.15) is 11.5 Å². The largest absolute Gasteiger partial charge is 0.494 e. The Kier molecular flexibility index (Phi) is 6.88. The van der Waals surface area contributed by atoms with E-state index in [9.17, 15) is 13.6 Å².